The molecule has 0 atom stereocenters. The lowest BCUT2D eigenvalue weighted by molar-refractivity contribution is -0.137. The van der Waals surface area contributed by atoms with E-state index in [4.69, 9.17) is 0 Å². The van der Waals surface area contributed by atoms with Crippen molar-refractivity contribution in [3.63, 3.8) is 0 Å². The number of aromatic nitrogens is 6. The molecule has 56 heavy (non-hydrogen) atoms. The molecule has 6 aromatic carbocycles. The summed E-state index contributed by atoms with van der Waals surface area (Å²) in [6.07, 6.45) is 2.14. The van der Waals surface area contributed by atoms with Gasteiger partial charge >= 0.3 is 6.18 Å². The van der Waals surface area contributed by atoms with Gasteiger partial charge in [-0.15, -0.1) is 0 Å². The zero-order valence-electron chi connectivity index (χ0n) is 29.3. The van der Waals surface area contributed by atoms with Gasteiger partial charge in [0.15, 0.2) is 11.6 Å². The molecule has 0 radical (unpaired) electrons. The van der Waals surface area contributed by atoms with Crippen LogP contribution in [0.2, 0.25) is 0 Å². The minimum Gasteiger partial charge on any atom is -0.307 e. The number of benzene rings is 6. The number of nitriles is 1. The number of halogens is 3. The summed E-state index contributed by atoms with van der Waals surface area (Å²) in [6, 6.07) is 42.5. The van der Waals surface area contributed by atoms with Gasteiger partial charge in [-0.3, -0.25) is 0 Å². The van der Waals surface area contributed by atoms with E-state index in [0.717, 1.165) is 60.8 Å². The molecule has 0 N–H and O–H groups in total. The molecular weight excluding hydrogens is 708 g/mol. The third-order valence-electron chi connectivity index (χ3n) is 10.2. The minimum absolute atomic E-state index is 0.0802. The van der Waals surface area contributed by atoms with Crippen LogP contribution in [0.4, 0.5) is 13.2 Å². The third kappa shape index (κ3) is 5.21. The van der Waals surface area contributed by atoms with Crippen molar-refractivity contribution in [2.75, 3.05) is 0 Å². The molecule has 4 heterocycles. The summed E-state index contributed by atoms with van der Waals surface area (Å²) in [5.74, 6) is 1.15. The molecule has 7 nitrogen and oxygen atoms in total. The molecule has 0 unspecified atom stereocenters. The number of hydrogen-bond donors (Lipinski definition) is 0. The van der Waals surface area contributed by atoms with Gasteiger partial charge in [-0.1, -0.05) is 54.6 Å². The quantitative estimate of drug-likeness (QED) is 0.176. The molecular formula is C46H26F3N7. The maximum Gasteiger partial charge on any atom is 0.417 e. The first-order valence-corrected chi connectivity index (χ1v) is 17.8. The summed E-state index contributed by atoms with van der Waals surface area (Å²) in [7, 11) is 0. The Kier molecular flexibility index (Phi) is 7.50. The van der Waals surface area contributed by atoms with E-state index in [-0.39, 0.29) is 16.7 Å². The summed E-state index contributed by atoms with van der Waals surface area (Å²) < 4.78 is 48.1. The Balaban J connectivity index is 1.34. The van der Waals surface area contributed by atoms with Gasteiger partial charge in [-0.2, -0.15) is 18.4 Å². The summed E-state index contributed by atoms with van der Waals surface area (Å²) in [5.41, 5.74) is 5.56. The first-order valence-electron chi connectivity index (χ1n) is 17.8. The molecule has 0 aliphatic carbocycles. The van der Waals surface area contributed by atoms with Crippen LogP contribution in [0.5, 0.6) is 0 Å². The molecule has 266 valence electrons. The Hall–Kier alpha value is -7.64. The zero-order valence-corrected chi connectivity index (χ0v) is 29.3. The van der Waals surface area contributed by atoms with Crippen LogP contribution in [0.3, 0.4) is 0 Å². The van der Waals surface area contributed by atoms with Crippen molar-refractivity contribution in [2.24, 2.45) is 0 Å². The van der Waals surface area contributed by atoms with Crippen LogP contribution in [-0.4, -0.2) is 29.1 Å². The van der Waals surface area contributed by atoms with Gasteiger partial charge in [0.25, 0.3) is 0 Å². The van der Waals surface area contributed by atoms with Crippen molar-refractivity contribution in [2.45, 2.75) is 6.18 Å². The van der Waals surface area contributed by atoms with E-state index in [1.165, 1.54) is 12.1 Å². The van der Waals surface area contributed by atoms with Gasteiger partial charge in [-0.05, 0) is 84.4 Å². The highest BCUT2D eigenvalue weighted by molar-refractivity contribution is 6.13. The lowest BCUT2D eigenvalue weighted by Gasteiger charge is -2.21. The number of alkyl halides is 3. The van der Waals surface area contributed by atoms with E-state index >= 15 is 0 Å². The largest absolute Gasteiger partial charge is 0.417 e. The van der Waals surface area contributed by atoms with Gasteiger partial charge in [0, 0.05) is 63.0 Å². The minimum atomic E-state index is -4.65. The number of nitrogens with zero attached hydrogens (tertiary/aromatic N) is 7. The number of hydrogen-bond acceptors (Lipinski definition) is 5. The molecule has 4 aromatic heterocycles. The van der Waals surface area contributed by atoms with Crippen LogP contribution >= 0.6 is 0 Å². The summed E-state index contributed by atoms with van der Waals surface area (Å²) in [6.45, 7) is 0. The van der Waals surface area contributed by atoms with Crippen molar-refractivity contribution in [1.82, 2.24) is 29.1 Å². The number of para-hydroxylation sites is 2. The summed E-state index contributed by atoms with van der Waals surface area (Å²) >= 11 is 0. The Morgan fingerprint density at radius 3 is 1.45 bits per heavy atom. The molecule has 0 aliphatic rings. The van der Waals surface area contributed by atoms with Crippen LogP contribution in [0.25, 0.3) is 88.9 Å². The molecule has 0 aliphatic heterocycles. The topological polar surface area (TPSA) is 85.2 Å². The smallest absolute Gasteiger partial charge is 0.307 e. The van der Waals surface area contributed by atoms with Gasteiger partial charge in [0.05, 0.1) is 50.6 Å². The monoisotopic (exact) mass is 733 g/mol. The predicted octanol–water partition coefficient (Wildman–Crippen LogP) is 11.4. The molecule has 10 heteroatoms. The lowest BCUT2D eigenvalue weighted by Crippen LogP contribution is -2.09. The molecule has 0 amide bonds. The van der Waals surface area contributed by atoms with E-state index in [0.29, 0.717) is 23.0 Å². The Labute approximate surface area is 317 Å². The Bertz CT molecular complexity index is 3200. The first kappa shape index (κ1) is 33.0. The van der Waals surface area contributed by atoms with Crippen LogP contribution in [-0.2, 0) is 6.18 Å². The summed E-state index contributed by atoms with van der Waals surface area (Å²) in [4.78, 5) is 17.9. The van der Waals surface area contributed by atoms with E-state index in [2.05, 4.69) is 41.2 Å². The first-order chi connectivity index (χ1) is 27.4. The highest BCUT2D eigenvalue weighted by Crippen LogP contribution is 2.44. The molecule has 0 bridgehead atoms. The van der Waals surface area contributed by atoms with Gasteiger partial charge < -0.3 is 9.13 Å². The maximum absolute atomic E-state index is 14.6. The van der Waals surface area contributed by atoms with Crippen LogP contribution in [0.15, 0.2) is 158 Å². The van der Waals surface area contributed by atoms with Crippen LogP contribution in [0, 0.1) is 11.3 Å². The van der Waals surface area contributed by atoms with Crippen molar-refractivity contribution in [3.8, 4) is 51.3 Å². The molecule has 0 saturated heterocycles. The second-order valence-corrected chi connectivity index (χ2v) is 13.4. The highest BCUT2D eigenvalue weighted by Gasteiger charge is 2.34. The molecule has 0 saturated carbocycles. The second-order valence-electron chi connectivity index (χ2n) is 13.4. The van der Waals surface area contributed by atoms with E-state index < -0.39 is 11.7 Å². The van der Waals surface area contributed by atoms with Crippen molar-refractivity contribution >= 4 is 43.6 Å². The fraction of sp³-hybridized carbons (Fsp3) is 0.0217. The molecule has 0 spiro atoms. The van der Waals surface area contributed by atoms with Crippen molar-refractivity contribution in [1.29, 1.82) is 5.26 Å². The van der Waals surface area contributed by atoms with E-state index in [1.807, 2.05) is 78.9 Å². The van der Waals surface area contributed by atoms with Crippen LogP contribution < -0.4 is 0 Å². The van der Waals surface area contributed by atoms with Gasteiger partial charge in [0.2, 0.25) is 0 Å². The van der Waals surface area contributed by atoms with Gasteiger partial charge in [0.1, 0.15) is 0 Å². The Morgan fingerprint density at radius 2 is 0.929 bits per heavy atom. The van der Waals surface area contributed by atoms with Crippen molar-refractivity contribution in [3.05, 3.63) is 169 Å². The SMILES string of the molecule is N#Cc1cc(-n2c3ccccc3c3cc(-c4ncccn4)ccc32)c(-n2c3ccccc3c3cc(-c4ncccn4)ccc32)cc1-c1ccccc1C(F)(F)F. The molecule has 0 fully saturated rings. The fourth-order valence-corrected chi connectivity index (χ4v) is 7.85. The average molecular weight is 734 g/mol. The van der Waals surface area contributed by atoms with Crippen LogP contribution in [0.1, 0.15) is 11.1 Å². The zero-order chi connectivity index (χ0) is 38.0. The standard InChI is InChI=1S/C46H26F3N7/c47-46(48,49)37-12-4-1-9-31(37)34-26-43(56-39-14-6-3-11-33(39)36-24-29(16-18-41(36)56)45-53-21-8-22-54-45)42(25-30(34)27-50)55-38-13-5-2-10-32(38)35-23-28(15-17-40(35)55)44-51-19-7-20-52-44/h1-26H. The predicted molar refractivity (Wildman–Crippen MR) is 212 cm³/mol. The molecule has 10 rings (SSSR count). The van der Waals surface area contributed by atoms with Gasteiger partial charge in [-0.25, -0.2) is 19.9 Å². The van der Waals surface area contributed by atoms with E-state index in [9.17, 15) is 18.4 Å². The summed E-state index contributed by atoms with van der Waals surface area (Å²) in [5, 5.41) is 14.4. The normalized spacial score (nSPS) is 11.8. The molecule has 10 aromatic rings. The maximum atomic E-state index is 14.6. The Morgan fingerprint density at radius 1 is 0.464 bits per heavy atom. The van der Waals surface area contributed by atoms with Crippen molar-refractivity contribution < 1.29 is 13.2 Å². The highest BCUT2D eigenvalue weighted by atomic mass is 19.4. The lowest BCUT2D eigenvalue weighted by atomic mass is 9.94. The number of fused-ring (bicyclic) bond motifs is 6. The van der Waals surface area contributed by atoms with E-state index in [1.54, 1.807) is 55.1 Å². The number of rotatable bonds is 5. The third-order valence-corrected chi connectivity index (χ3v) is 10.2. The fourth-order valence-electron chi connectivity index (χ4n) is 7.85. The second kappa shape index (κ2) is 12.7. The average Bonchev–Trinajstić information content (AvgIpc) is 3.75.